The van der Waals surface area contributed by atoms with Gasteiger partial charge in [-0.05, 0) is 30.7 Å². The Morgan fingerprint density at radius 3 is 2.83 bits per heavy atom. The van der Waals surface area contributed by atoms with Gasteiger partial charge in [-0.1, -0.05) is 23.7 Å². The molecule has 0 aliphatic heterocycles. The van der Waals surface area contributed by atoms with Gasteiger partial charge in [-0.15, -0.1) is 11.3 Å². The number of hydrogen-bond donors (Lipinski definition) is 2. The van der Waals surface area contributed by atoms with Crippen LogP contribution in [0.1, 0.15) is 21.7 Å². The average Bonchev–Trinajstić information content (AvgIpc) is 2.99. The van der Waals surface area contributed by atoms with E-state index < -0.39 is 0 Å². The summed E-state index contributed by atoms with van der Waals surface area (Å²) in [5, 5.41) is 6.02. The number of nitrogen functional groups attached to an aromatic ring is 1. The van der Waals surface area contributed by atoms with Gasteiger partial charge in [0.25, 0.3) is 5.91 Å². The van der Waals surface area contributed by atoms with E-state index in [1.807, 2.05) is 24.4 Å². The Balaban J connectivity index is 1.78. The second-order valence-electron chi connectivity index (χ2n) is 5.10. The first kappa shape index (κ1) is 16.4. The van der Waals surface area contributed by atoms with Gasteiger partial charge in [0.2, 0.25) is 5.95 Å². The van der Waals surface area contributed by atoms with Gasteiger partial charge in [0.15, 0.2) is 0 Å². The lowest BCUT2D eigenvalue weighted by molar-refractivity contribution is 0.0946. The van der Waals surface area contributed by atoms with Gasteiger partial charge in [-0.3, -0.25) is 4.79 Å². The number of nitrogens with two attached hydrogens (primary N) is 1. The second kappa shape index (κ2) is 6.94. The average molecular weight is 360 g/mol. The SMILES string of the molecule is Cc1csc(-c2cc(C(=O)NCc3cccc(Cl)c3)nc(N)n2)n1. The number of thiazole rings is 1. The van der Waals surface area contributed by atoms with E-state index in [2.05, 4.69) is 20.3 Å². The Morgan fingerprint density at radius 1 is 1.29 bits per heavy atom. The fraction of sp³-hybridized carbons (Fsp3) is 0.125. The molecule has 0 aliphatic rings. The maximum atomic E-state index is 12.3. The maximum Gasteiger partial charge on any atom is 0.270 e. The Bertz CT molecular complexity index is 896. The summed E-state index contributed by atoms with van der Waals surface area (Å²) in [6.45, 7) is 2.23. The van der Waals surface area contributed by atoms with Gasteiger partial charge >= 0.3 is 0 Å². The molecular formula is C16H14ClN5OS. The molecule has 1 aromatic carbocycles. The Labute approximate surface area is 147 Å². The number of benzene rings is 1. The zero-order valence-electron chi connectivity index (χ0n) is 12.8. The molecule has 8 heteroatoms. The molecule has 0 unspecified atom stereocenters. The smallest absolute Gasteiger partial charge is 0.270 e. The van der Waals surface area contributed by atoms with Crippen LogP contribution in [0.25, 0.3) is 10.7 Å². The van der Waals surface area contributed by atoms with E-state index in [4.69, 9.17) is 17.3 Å². The van der Waals surface area contributed by atoms with Crippen molar-refractivity contribution in [3.05, 3.63) is 57.7 Å². The summed E-state index contributed by atoms with van der Waals surface area (Å²) >= 11 is 7.37. The van der Waals surface area contributed by atoms with Crippen LogP contribution in [-0.2, 0) is 6.54 Å². The van der Waals surface area contributed by atoms with Gasteiger partial charge in [0.1, 0.15) is 16.4 Å². The summed E-state index contributed by atoms with van der Waals surface area (Å²) in [6, 6.07) is 8.86. The van der Waals surface area contributed by atoms with Gasteiger partial charge in [-0.25, -0.2) is 15.0 Å². The van der Waals surface area contributed by atoms with Crippen LogP contribution in [-0.4, -0.2) is 20.9 Å². The van der Waals surface area contributed by atoms with E-state index >= 15 is 0 Å². The minimum absolute atomic E-state index is 0.0354. The number of anilines is 1. The highest BCUT2D eigenvalue weighted by Gasteiger charge is 2.13. The Hall–Kier alpha value is -2.51. The molecule has 0 radical (unpaired) electrons. The standard InChI is InChI=1S/C16H14ClN5OS/c1-9-8-24-15(20-9)13-6-12(21-16(18)22-13)14(23)19-7-10-3-2-4-11(17)5-10/h2-6,8H,7H2,1H3,(H,19,23)(H2,18,21,22). The minimum atomic E-state index is -0.335. The Kier molecular flexibility index (Phi) is 4.73. The number of halogens is 1. The fourth-order valence-corrected chi connectivity index (χ4v) is 3.05. The van der Waals surface area contributed by atoms with Crippen molar-refractivity contribution in [3.8, 4) is 10.7 Å². The normalized spacial score (nSPS) is 10.6. The van der Waals surface area contributed by atoms with Crippen molar-refractivity contribution in [2.75, 3.05) is 5.73 Å². The molecule has 6 nitrogen and oxygen atoms in total. The summed E-state index contributed by atoms with van der Waals surface area (Å²) < 4.78 is 0. The van der Waals surface area contributed by atoms with Crippen molar-refractivity contribution in [2.24, 2.45) is 0 Å². The topological polar surface area (TPSA) is 93.8 Å². The molecular weight excluding hydrogens is 346 g/mol. The summed E-state index contributed by atoms with van der Waals surface area (Å²) in [7, 11) is 0. The maximum absolute atomic E-state index is 12.3. The van der Waals surface area contributed by atoms with E-state index in [0.29, 0.717) is 22.3 Å². The van der Waals surface area contributed by atoms with Crippen LogP contribution in [0.4, 0.5) is 5.95 Å². The number of rotatable bonds is 4. The van der Waals surface area contributed by atoms with Gasteiger partial charge in [0, 0.05) is 22.6 Å². The molecule has 0 saturated heterocycles. The van der Waals surface area contributed by atoms with Crippen molar-refractivity contribution in [2.45, 2.75) is 13.5 Å². The Morgan fingerprint density at radius 2 is 2.12 bits per heavy atom. The molecule has 0 aliphatic carbocycles. The third kappa shape index (κ3) is 3.87. The summed E-state index contributed by atoms with van der Waals surface area (Å²) in [5.74, 6) is -0.299. The highest BCUT2D eigenvalue weighted by atomic mass is 35.5. The first-order valence-electron chi connectivity index (χ1n) is 7.11. The van der Waals surface area contributed by atoms with Gasteiger partial charge in [0.05, 0.1) is 0 Å². The lowest BCUT2D eigenvalue weighted by Gasteiger charge is -2.07. The number of nitrogens with one attached hydrogen (secondary N) is 1. The highest BCUT2D eigenvalue weighted by molar-refractivity contribution is 7.13. The first-order chi connectivity index (χ1) is 11.5. The number of amides is 1. The van der Waals surface area contributed by atoms with Gasteiger partial charge in [-0.2, -0.15) is 0 Å². The van der Waals surface area contributed by atoms with Crippen molar-refractivity contribution in [1.29, 1.82) is 0 Å². The largest absolute Gasteiger partial charge is 0.368 e. The zero-order valence-corrected chi connectivity index (χ0v) is 14.4. The van der Waals surface area contributed by atoms with Crippen molar-refractivity contribution < 1.29 is 4.79 Å². The van der Waals surface area contributed by atoms with E-state index in [9.17, 15) is 4.79 Å². The zero-order chi connectivity index (χ0) is 17.1. The molecule has 3 N–H and O–H groups in total. The fourth-order valence-electron chi connectivity index (χ4n) is 2.08. The summed E-state index contributed by atoms with van der Waals surface area (Å²) in [6.07, 6.45) is 0. The van der Waals surface area contributed by atoms with E-state index in [1.54, 1.807) is 18.2 Å². The molecule has 2 aromatic heterocycles. The molecule has 3 rings (SSSR count). The van der Waals surface area contributed by atoms with Crippen molar-refractivity contribution >= 4 is 34.8 Å². The van der Waals surface area contributed by atoms with Crippen LogP contribution in [0, 0.1) is 6.92 Å². The van der Waals surface area contributed by atoms with Crippen LogP contribution in [0.2, 0.25) is 5.02 Å². The molecule has 0 fully saturated rings. The lowest BCUT2D eigenvalue weighted by atomic mass is 10.2. The minimum Gasteiger partial charge on any atom is -0.368 e. The predicted molar refractivity (Wildman–Crippen MR) is 94.9 cm³/mol. The number of aryl methyl sites for hydroxylation is 1. The van der Waals surface area contributed by atoms with Crippen molar-refractivity contribution in [3.63, 3.8) is 0 Å². The summed E-state index contributed by atoms with van der Waals surface area (Å²) in [4.78, 5) is 24.8. The lowest BCUT2D eigenvalue weighted by Crippen LogP contribution is -2.24. The number of hydrogen-bond acceptors (Lipinski definition) is 6. The number of nitrogens with zero attached hydrogens (tertiary/aromatic N) is 3. The van der Waals surface area contributed by atoms with Crippen LogP contribution in [0.5, 0.6) is 0 Å². The molecule has 0 bridgehead atoms. The van der Waals surface area contributed by atoms with Crippen LogP contribution < -0.4 is 11.1 Å². The second-order valence-corrected chi connectivity index (χ2v) is 6.40. The first-order valence-corrected chi connectivity index (χ1v) is 8.37. The molecule has 2 heterocycles. The molecule has 0 spiro atoms. The number of aromatic nitrogens is 3. The number of carbonyl (C=O) groups excluding carboxylic acids is 1. The molecule has 24 heavy (non-hydrogen) atoms. The van der Waals surface area contributed by atoms with Crippen LogP contribution in [0.3, 0.4) is 0 Å². The molecule has 3 aromatic rings. The van der Waals surface area contributed by atoms with Crippen LogP contribution in [0.15, 0.2) is 35.7 Å². The van der Waals surface area contributed by atoms with E-state index in [1.165, 1.54) is 11.3 Å². The summed E-state index contributed by atoms with van der Waals surface area (Å²) in [5.41, 5.74) is 8.25. The molecule has 0 saturated carbocycles. The molecule has 1 amide bonds. The van der Waals surface area contributed by atoms with E-state index in [0.717, 1.165) is 11.3 Å². The molecule has 122 valence electrons. The number of carbonyl (C=O) groups is 1. The van der Waals surface area contributed by atoms with Crippen LogP contribution >= 0.6 is 22.9 Å². The highest BCUT2D eigenvalue weighted by Crippen LogP contribution is 2.22. The molecule has 0 atom stereocenters. The predicted octanol–water partition coefficient (Wildman–Crippen LogP) is 3.07. The third-order valence-corrected chi connectivity index (χ3v) is 4.37. The monoisotopic (exact) mass is 359 g/mol. The van der Waals surface area contributed by atoms with E-state index in [-0.39, 0.29) is 17.5 Å². The third-order valence-electron chi connectivity index (χ3n) is 3.16. The van der Waals surface area contributed by atoms with Crippen molar-refractivity contribution in [1.82, 2.24) is 20.3 Å². The quantitative estimate of drug-likeness (QED) is 0.746. The van der Waals surface area contributed by atoms with Gasteiger partial charge < -0.3 is 11.1 Å².